The second-order valence-corrected chi connectivity index (χ2v) is 10.9. The molecule has 0 bridgehead atoms. The topological polar surface area (TPSA) is 75.7 Å². The van der Waals surface area contributed by atoms with Gasteiger partial charge in [-0.05, 0) is 67.5 Å². The van der Waals surface area contributed by atoms with Crippen molar-refractivity contribution in [2.24, 2.45) is 0 Å². The maximum atomic E-state index is 13.0. The lowest BCUT2D eigenvalue weighted by atomic mass is 10.1. The molecule has 0 saturated carbocycles. The number of carbonyl (C=O) groups excluding carboxylic acids is 1. The van der Waals surface area contributed by atoms with Crippen LogP contribution in [0.1, 0.15) is 37.0 Å². The third kappa shape index (κ3) is 4.72. The molecular weight excluding hydrogens is 444 g/mol. The summed E-state index contributed by atoms with van der Waals surface area (Å²) in [6, 6.07) is 18.0. The molecule has 1 N–H and O–H groups in total. The van der Waals surface area contributed by atoms with Gasteiger partial charge in [0.1, 0.15) is 22.1 Å². The summed E-state index contributed by atoms with van der Waals surface area (Å²) in [5, 5.41) is 4.64. The molecular formula is C24H26N2O4S2. The van der Waals surface area contributed by atoms with Gasteiger partial charge in [0, 0.05) is 12.2 Å². The van der Waals surface area contributed by atoms with Crippen molar-refractivity contribution in [3.05, 3.63) is 77.2 Å². The highest BCUT2D eigenvalue weighted by Gasteiger charge is 2.40. The van der Waals surface area contributed by atoms with Gasteiger partial charge in [0.05, 0.1) is 0 Å². The molecule has 0 aliphatic carbocycles. The van der Waals surface area contributed by atoms with Crippen molar-refractivity contribution < 1.29 is 17.9 Å². The number of benzene rings is 2. The van der Waals surface area contributed by atoms with Gasteiger partial charge >= 0.3 is 0 Å². The number of thiophene rings is 1. The number of ether oxygens (including phenoxy) is 1. The largest absolute Gasteiger partial charge is 0.486 e. The lowest BCUT2D eigenvalue weighted by Gasteiger charge is -2.23. The van der Waals surface area contributed by atoms with Crippen LogP contribution in [0, 0.1) is 6.92 Å². The maximum absolute atomic E-state index is 13.0. The second kappa shape index (κ2) is 9.44. The monoisotopic (exact) mass is 470 g/mol. The van der Waals surface area contributed by atoms with E-state index in [0.29, 0.717) is 30.8 Å². The Kier molecular flexibility index (Phi) is 6.64. The molecule has 32 heavy (non-hydrogen) atoms. The first-order valence-corrected chi connectivity index (χ1v) is 12.9. The van der Waals surface area contributed by atoms with Gasteiger partial charge in [0.25, 0.3) is 10.0 Å². The lowest BCUT2D eigenvalue weighted by molar-refractivity contribution is -0.119. The van der Waals surface area contributed by atoms with Crippen LogP contribution in [-0.4, -0.2) is 31.2 Å². The standard InChI is InChI=1S/C24H26N2O4S2/c1-17-16-20(30-18(2)19-8-4-3-5-9-19)12-13-21(17)25-24(27)22-10-6-14-26(22)32(28,29)23-11-7-15-31-23/h3-5,7-9,11-13,15-16,18,22H,6,10,14H2,1-2H3,(H,25,27). The minimum Gasteiger partial charge on any atom is -0.486 e. The molecule has 6 nitrogen and oxygen atoms in total. The quantitative estimate of drug-likeness (QED) is 0.528. The summed E-state index contributed by atoms with van der Waals surface area (Å²) < 4.78 is 33.5. The zero-order chi connectivity index (χ0) is 22.7. The Morgan fingerprint density at radius 1 is 1.16 bits per heavy atom. The van der Waals surface area contributed by atoms with E-state index in [1.54, 1.807) is 23.6 Å². The van der Waals surface area contributed by atoms with E-state index < -0.39 is 16.1 Å². The van der Waals surface area contributed by atoms with Crippen molar-refractivity contribution >= 4 is 33.0 Å². The van der Waals surface area contributed by atoms with E-state index in [-0.39, 0.29) is 16.2 Å². The molecule has 1 amide bonds. The molecule has 2 aromatic carbocycles. The molecule has 0 spiro atoms. The van der Waals surface area contributed by atoms with Crippen LogP contribution >= 0.6 is 11.3 Å². The lowest BCUT2D eigenvalue weighted by Crippen LogP contribution is -2.42. The number of sulfonamides is 1. The highest BCUT2D eigenvalue weighted by atomic mass is 32.2. The summed E-state index contributed by atoms with van der Waals surface area (Å²) in [5.41, 5.74) is 2.58. The van der Waals surface area contributed by atoms with Gasteiger partial charge < -0.3 is 10.1 Å². The summed E-state index contributed by atoms with van der Waals surface area (Å²) in [6.07, 6.45) is 1.06. The van der Waals surface area contributed by atoms with E-state index in [4.69, 9.17) is 4.74 Å². The minimum atomic E-state index is -3.67. The highest BCUT2D eigenvalue weighted by molar-refractivity contribution is 7.91. The summed E-state index contributed by atoms with van der Waals surface area (Å²) in [4.78, 5) is 13.0. The van der Waals surface area contributed by atoms with E-state index in [1.807, 2.05) is 56.3 Å². The predicted molar refractivity (Wildman–Crippen MR) is 127 cm³/mol. The molecule has 2 heterocycles. The third-order valence-corrected chi connectivity index (χ3v) is 8.88. The fourth-order valence-corrected chi connectivity index (χ4v) is 6.65. The van der Waals surface area contributed by atoms with Crippen LogP contribution in [0.5, 0.6) is 5.75 Å². The molecule has 0 radical (unpaired) electrons. The Bertz CT molecular complexity index is 1180. The van der Waals surface area contributed by atoms with Crippen molar-refractivity contribution in [2.75, 3.05) is 11.9 Å². The van der Waals surface area contributed by atoms with Gasteiger partial charge in [-0.3, -0.25) is 4.79 Å². The normalized spacial score (nSPS) is 17.8. The summed E-state index contributed by atoms with van der Waals surface area (Å²) >= 11 is 1.17. The van der Waals surface area contributed by atoms with Gasteiger partial charge in [-0.15, -0.1) is 11.3 Å². The van der Waals surface area contributed by atoms with E-state index in [1.165, 1.54) is 15.6 Å². The maximum Gasteiger partial charge on any atom is 0.253 e. The molecule has 1 aliphatic heterocycles. The molecule has 4 rings (SSSR count). The van der Waals surface area contributed by atoms with Crippen LogP contribution in [0.3, 0.4) is 0 Å². The van der Waals surface area contributed by atoms with E-state index in [9.17, 15) is 13.2 Å². The average Bonchev–Trinajstić information content (AvgIpc) is 3.49. The number of hydrogen-bond donors (Lipinski definition) is 1. The number of aryl methyl sites for hydroxylation is 1. The average molecular weight is 471 g/mol. The van der Waals surface area contributed by atoms with Gasteiger partial charge in [-0.2, -0.15) is 4.31 Å². The van der Waals surface area contributed by atoms with Crippen molar-refractivity contribution in [3.63, 3.8) is 0 Å². The van der Waals surface area contributed by atoms with Crippen molar-refractivity contribution in [2.45, 2.75) is 43.0 Å². The van der Waals surface area contributed by atoms with E-state index in [2.05, 4.69) is 5.32 Å². The van der Waals surface area contributed by atoms with Gasteiger partial charge in [-0.1, -0.05) is 36.4 Å². The molecule has 1 fully saturated rings. The zero-order valence-corrected chi connectivity index (χ0v) is 19.7. The molecule has 1 aliphatic rings. The molecule has 1 aromatic heterocycles. The van der Waals surface area contributed by atoms with Crippen molar-refractivity contribution in [1.82, 2.24) is 4.31 Å². The minimum absolute atomic E-state index is 0.106. The highest BCUT2D eigenvalue weighted by Crippen LogP contribution is 2.30. The Balaban J connectivity index is 1.45. The predicted octanol–water partition coefficient (Wildman–Crippen LogP) is 4.99. The first-order chi connectivity index (χ1) is 15.4. The van der Waals surface area contributed by atoms with Crippen LogP contribution in [0.15, 0.2) is 70.3 Å². The fourth-order valence-electron chi connectivity index (χ4n) is 3.88. The number of carbonyl (C=O) groups is 1. The van der Waals surface area contributed by atoms with Crippen molar-refractivity contribution in [1.29, 1.82) is 0 Å². The Hall–Kier alpha value is -2.68. The SMILES string of the molecule is Cc1cc(OC(C)c2ccccc2)ccc1NC(=O)C1CCCN1S(=O)(=O)c1cccs1. The second-order valence-electron chi connectivity index (χ2n) is 7.84. The van der Waals surface area contributed by atoms with Crippen LogP contribution in [0.2, 0.25) is 0 Å². The third-order valence-electron chi connectivity index (χ3n) is 5.60. The van der Waals surface area contributed by atoms with Gasteiger partial charge in [-0.25, -0.2) is 8.42 Å². The Labute approximate surface area is 192 Å². The fraction of sp³-hybridized carbons (Fsp3) is 0.292. The van der Waals surface area contributed by atoms with Gasteiger partial charge in [0.2, 0.25) is 5.91 Å². The molecule has 2 atom stereocenters. The number of anilines is 1. The van der Waals surface area contributed by atoms with Crippen LogP contribution in [-0.2, 0) is 14.8 Å². The molecule has 3 aromatic rings. The van der Waals surface area contributed by atoms with Crippen LogP contribution < -0.4 is 10.1 Å². The number of hydrogen-bond acceptors (Lipinski definition) is 5. The Morgan fingerprint density at radius 3 is 2.62 bits per heavy atom. The molecule has 168 valence electrons. The summed E-state index contributed by atoms with van der Waals surface area (Å²) in [5.74, 6) is 0.400. The number of amides is 1. The molecule has 8 heteroatoms. The zero-order valence-electron chi connectivity index (χ0n) is 18.0. The van der Waals surface area contributed by atoms with Crippen molar-refractivity contribution in [3.8, 4) is 5.75 Å². The van der Waals surface area contributed by atoms with Gasteiger partial charge in [0.15, 0.2) is 0 Å². The number of nitrogens with one attached hydrogen (secondary N) is 1. The molecule has 2 unspecified atom stereocenters. The molecule has 1 saturated heterocycles. The van der Waals surface area contributed by atoms with Crippen LogP contribution in [0.25, 0.3) is 0 Å². The number of nitrogens with zero attached hydrogens (tertiary/aromatic N) is 1. The summed E-state index contributed by atoms with van der Waals surface area (Å²) in [6.45, 7) is 4.23. The smallest absolute Gasteiger partial charge is 0.253 e. The van der Waals surface area contributed by atoms with E-state index in [0.717, 1.165) is 11.1 Å². The van der Waals surface area contributed by atoms with Crippen LogP contribution in [0.4, 0.5) is 5.69 Å². The summed E-state index contributed by atoms with van der Waals surface area (Å²) in [7, 11) is -3.67. The first kappa shape index (κ1) is 22.5. The van der Waals surface area contributed by atoms with E-state index >= 15 is 0 Å². The number of rotatable bonds is 7. The Morgan fingerprint density at radius 2 is 1.94 bits per heavy atom. The first-order valence-electron chi connectivity index (χ1n) is 10.5.